The number of esters is 1. The standard InChI is InChI=1S/C27H26BrClN2O7S/c1-7-38-26(33)22-13(2)30-27-31(23(22)15-11-18(34-3)19(35-4)12-16(15)28)25(32)21(39-27)10-14-8-17(29)24(37-6)20(9-14)36-5/h8-12,23H,7H2,1-6H3/b21-10-/t23-/m1/s1. The van der Waals surface area contributed by atoms with Crippen LogP contribution in [0.1, 0.15) is 31.0 Å². The number of hydrogen-bond acceptors (Lipinski definition) is 9. The molecule has 39 heavy (non-hydrogen) atoms. The molecule has 0 bridgehead atoms. The summed E-state index contributed by atoms with van der Waals surface area (Å²) in [5.41, 5.74) is 1.59. The average Bonchev–Trinajstić information content (AvgIpc) is 3.21. The Bertz CT molecular complexity index is 1660. The number of halogens is 2. The van der Waals surface area contributed by atoms with Crippen molar-refractivity contribution in [2.45, 2.75) is 19.9 Å². The van der Waals surface area contributed by atoms with Crippen molar-refractivity contribution in [3.63, 3.8) is 0 Å². The van der Waals surface area contributed by atoms with E-state index in [2.05, 4.69) is 20.9 Å². The SMILES string of the molecule is CCOC(=O)C1=C(C)N=c2s/c(=C\c3cc(Cl)c(OC)c(OC)c3)c(=O)n2[C@@H]1c1cc(OC)c(OC)cc1Br. The molecule has 1 aliphatic heterocycles. The summed E-state index contributed by atoms with van der Waals surface area (Å²) in [6, 6.07) is 6.02. The summed E-state index contributed by atoms with van der Waals surface area (Å²) in [7, 11) is 6.05. The second kappa shape index (κ2) is 11.8. The zero-order valence-electron chi connectivity index (χ0n) is 22.1. The van der Waals surface area contributed by atoms with Crippen LogP contribution >= 0.6 is 38.9 Å². The number of ether oxygens (including phenoxy) is 5. The molecule has 0 fully saturated rings. The van der Waals surface area contributed by atoms with Gasteiger partial charge in [0.1, 0.15) is 0 Å². The number of allylic oxidation sites excluding steroid dienone is 1. The Labute approximate surface area is 242 Å². The van der Waals surface area contributed by atoms with Gasteiger partial charge in [-0.2, -0.15) is 0 Å². The molecule has 0 radical (unpaired) electrons. The number of carbonyl (C=O) groups is 1. The maximum absolute atomic E-state index is 13.9. The van der Waals surface area contributed by atoms with Gasteiger partial charge in [0.25, 0.3) is 5.56 Å². The lowest BCUT2D eigenvalue weighted by Crippen LogP contribution is -2.40. The van der Waals surface area contributed by atoms with Crippen molar-refractivity contribution in [2.75, 3.05) is 35.0 Å². The van der Waals surface area contributed by atoms with Crippen LogP contribution in [0.4, 0.5) is 0 Å². The Morgan fingerprint density at radius 3 is 2.36 bits per heavy atom. The second-order valence-electron chi connectivity index (χ2n) is 8.27. The summed E-state index contributed by atoms with van der Waals surface area (Å²) in [4.78, 5) is 32.2. The first-order valence-electron chi connectivity index (χ1n) is 11.7. The summed E-state index contributed by atoms with van der Waals surface area (Å²) in [6.07, 6.45) is 1.70. The monoisotopic (exact) mass is 636 g/mol. The van der Waals surface area contributed by atoms with Crippen LogP contribution in [-0.2, 0) is 9.53 Å². The minimum atomic E-state index is -0.842. The molecule has 1 aliphatic rings. The van der Waals surface area contributed by atoms with Crippen molar-refractivity contribution in [3.05, 3.63) is 75.8 Å². The highest BCUT2D eigenvalue weighted by molar-refractivity contribution is 9.10. The second-order valence-corrected chi connectivity index (χ2v) is 10.5. The van der Waals surface area contributed by atoms with Crippen molar-refractivity contribution in [2.24, 2.45) is 4.99 Å². The summed E-state index contributed by atoms with van der Waals surface area (Å²) in [6.45, 7) is 3.61. The van der Waals surface area contributed by atoms with Gasteiger partial charge in [0.05, 0.1) is 61.9 Å². The third-order valence-corrected chi connectivity index (χ3v) is 8.02. The van der Waals surface area contributed by atoms with Gasteiger partial charge < -0.3 is 23.7 Å². The van der Waals surface area contributed by atoms with E-state index in [9.17, 15) is 9.59 Å². The third-order valence-electron chi connectivity index (χ3n) is 6.07. The molecule has 0 aliphatic carbocycles. The first-order valence-corrected chi connectivity index (χ1v) is 13.7. The van der Waals surface area contributed by atoms with Crippen molar-refractivity contribution in [1.82, 2.24) is 4.57 Å². The van der Waals surface area contributed by atoms with Gasteiger partial charge in [-0.05, 0) is 55.3 Å². The van der Waals surface area contributed by atoms with Crippen molar-refractivity contribution in [3.8, 4) is 23.0 Å². The average molecular weight is 638 g/mol. The number of thiazole rings is 1. The molecule has 1 aromatic heterocycles. The van der Waals surface area contributed by atoms with Crippen molar-refractivity contribution >= 4 is 50.9 Å². The third kappa shape index (κ3) is 5.30. The Hall–Kier alpha value is -3.28. The van der Waals surface area contributed by atoms with Gasteiger partial charge in [-0.15, -0.1) is 0 Å². The molecule has 0 amide bonds. The molecule has 1 atom stereocenters. The fourth-order valence-corrected chi connectivity index (χ4v) is 6.22. The first kappa shape index (κ1) is 28.7. The number of hydrogen-bond donors (Lipinski definition) is 0. The largest absolute Gasteiger partial charge is 0.493 e. The van der Waals surface area contributed by atoms with Crippen LogP contribution in [0.15, 0.2) is 49.8 Å². The summed E-state index contributed by atoms with van der Waals surface area (Å²) in [5, 5.41) is 0.337. The Morgan fingerprint density at radius 2 is 1.74 bits per heavy atom. The molecule has 206 valence electrons. The first-order chi connectivity index (χ1) is 18.7. The normalized spacial score (nSPS) is 15.0. The van der Waals surface area contributed by atoms with Crippen LogP contribution < -0.4 is 33.8 Å². The lowest BCUT2D eigenvalue weighted by molar-refractivity contribution is -0.139. The number of methoxy groups -OCH3 is 4. The lowest BCUT2D eigenvalue weighted by Gasteiger charge is -2.26. The van der Waals surface area contributed by atoms with Crippen molar-refractivity contribution < 1.29 is 28.5 Å². The Balaban J connectivity index is 2.00. The molecule has 0 saturated heterocycles. The van der Waals surface area contributed by atoms with Gasteiger partial charge in [0, 0.05) is 4.47 Å². The molecule has 2 aromatic carbocycles. The van der Waals surface area contributed by atoms with Crippen LogP contribution in [0.2, 0.25) is 5.02 Å². The van der Waals surface area contributed by atoms with E-state index in [0.29, 0.717) is 58.7 Å². The van der Waals surface area contributed by atoms with Gasteiger partial charge in [-0.3, -0.25) is 9.36 Å². The van der Waals surface area contributed by atoms with Crippen LogP contribution in [0.25, 0.3) is 6.08 Å². The van der Waals surface area contributed by atoms with Gasteiger partial charge in [0.2, 0.25) is 0 Å². The smallest absolute Gasteiger partial charge is 0.338 e. The fourth-order valence-electron chi connectivity index (χ4n) is 4.34. The molecule has 0 unspecified atom stereocenters. The number of rotatable bonds is 8. The molecular weight excluding hydrogens is 612 g/mol. The van der Waals surface area contributed by atoms with Gasteiger partial charge in [-0.1, -0.05) is 38.9 Å². The lowest BCUT2D eigenvalue weighted by atomic mass is 9.95. The van der Waals surface area contributed by atoms with E-state index in [0.717, 1.165) is 0 Å². The molecule has 0 saturated carbocycles. The van der Waals surface area contributed by atoms with Crippen molar-refractivity contribution in [1.29, 1.82) is 0 Å². The number of nitrogens with zero attached hydrogens (tertiary/aromatic N) is 2. The maximum atomic E-state index is 13.9. The van der Waals surface area contributed by atoms with Gasteiger partial charge >= 0.3 is 5.97 Å². The number of benzene rings is 2. The quantitative estimate of drug-likeness (QED) is 0.341. The number of aromatic nitrogens is 1. The predicted molar refractivity (Wildman–Crippen MR) is 152 cm³/mol. The van der Waals surface area contributed by atoms with E-state index < -0.39 is 12.0 Å². The number of fused-ring (bicyclic) bond motifs is 1. The molecule has 0 spiro atoms. The molecule has 0 N–H and O–H groups in total. The predicted octanol–water partition coefficient (Wildman–Crippen LogP) is 4.25. The molecule has 9 nitrogen and oxygen atoms in total. The summed E-state index contributed by atoms with van der Waals surface area (Å²) >= 11 is 11.2. The minimum Gasteiger partial charge on any atom is -0.493 e. The molecule has 4 rings (SSSR count). The van der Waals surface area contributed by atoms with E-state index in [1.165, 1.54) is 44.3 Å². The highest BCUT2D eigenvalue weighted by Gasteiger charge is 2.35. The minimum absolute atomic E-state index is 0.167. The number of carbonyl (C=O) groups excluding carboxylic acids is 1. The maximum Gasteiger partial charge on any atom is 0.338 e. The van der Waals surface area contributed by atoms with E-state index in [1.54, 1.807) is 44.2 Å². The van der Waals surface area contributed by atoms with E-state index >= 15 is 0 Å². The Morgan fingerprint density at radius 1 is 1.08 bits per heavy atom. The topological polar surface area (TPSA) is 97.6 Å². The van der Waals surface area contributed by atoms with Crippen LogP contribution in [0.3, 0.4) is 0 Å². The van der Waals surface area contributed by atoms with Gasteiger partial charge in [0.15, 0.2) is 27.8 Å². The zero-order chi connectivity index (χ0) is 28.4. The summed E-state index contributed by atoms with van der Waals surface area (Å²) < 4.78 is 29.5. The van der Waals surface area contributed by atoms with Gasteiger partial charge in [-0.25, -0.2) is 9.79 Å². The van der Waals surface area contributed by atoms with E-state index in [1.807, 2.05) is 0 Å². The van der Waals surface area contributed by atoms with E-state index in [4.69, 9.17) is 35.3 Å². The highest BCUT2D eigenvalue weighted by atomic mass is 79.9. The molecule has 3 aromatic rings. The van der Waals surface area contributed by atoms with E-state index in [-0.39, 0.29) is 17.7 Å². The molecule has 2 heterocycles. The van der Waals surface area contributed by atoms with Crippen LogP contribution in [0.5, 0.6) is 23.0 Å². The highest BCUT2D eigenvalue weighted by Crippen LogP contribution is 2.41. The summed E-state index contributed by atoms with van der Waals surface area (Å²) in [5.74, 6) is 1.19. The molecular formula is C27H26BrClN2O7S. The molecule has 12 heteroatoms. The van der Waals surface area contributed by atoms with Crippen LogP contribution in [-0.4, -0.2) is 45.6 Å². The fraction of sp³-hybridized carbons (Fsp3) is 0.296. The Kier molecular flexibility index (Phi) is 8.73. The zero-order valence-corrected chi connectivity index (χ0v) is 25.2. The van der Waals surface area contributed by atoms with Crippen LogP contribution in [0, 0.1) is 0 Å².